The van der Waals surface area contributed by atoms with Crippen molar-refractivity contribution in [3.63, 3.8) is 0 Å². The number of benzene rings is 2. The van der Waals surface area contributed by atoms with Crippen molar-refractivity contribution in [1.82, 2.24) is 5.32 Å². The number of anilines is 2. The number of rotatable bonds is 11. The number of carbonyl (C=O) groups excluding carboxylic acids is 1. The second kappa shape index (κ2) is 12.4. The first-order chi connectivity index (χ1) is 14.9. The maximum absolute atomic E-state index is 13.0. The van der Waals surface area contributed by atoms with Gasteiger partial charge in [0.25, 0.3) is 10.0 Å². The van der Waals surface area contributed by atoms with E-state index in [9.17, 15) is 13.2 Å². The van der Waals surface area contributed by atoms with Crippen LogP contribution in [0.4, 0.5) is 11.4 Å². The Kier molecular flexibility index (Phi) is 9.94. The van der Waals surface area contributed by atoms with Crippen molar-refractivity contribution in [3.05, 3.63) is 54.6 Å². The predicted octanol–water partition coefficient (Wildman–Crippen LogP) is 5.08. The lowest BCUT2D eigenvalue weighted by Crippen LogP contribution is -2.34. The van der Waals surface area contributed by atoms with Crippen molar-refractivity contribution in [2.75, 3.05) is 16.2 Å². The second-order valence-corrected chi connectivity index (χ2v) is 9.47. The van der Waals surface area contributed by atoms with Gasteiger partial charge in [-0.15, -0.1) is 0 Å². The molecule has 0 aliphatic rings. The molecule has 0 saturated heterocycles. The zero-order valence-electron chi connectivity index (χ0n) is 18.1. The molecule has 2 aromatic carbocycles. The highest BCUT2D eigenvalue weighted by Crippen LogP contribution is 2.24. The van der Waals surface area contributed by atoms with Crippen molar-refractivity contribution >= 4 is 44.6 Å². The molecule has 0 bridgehead atoms. The van der Waals surface area contributed by atoms with E-state index in [1.54, 1.807) is 43.3 Å². The van der Waals surface area contributed by atoms with Crippen LogP contribution in [-0.2, 0) is 14.8 Å². The van der Waals surface area contributed by atoms with Gasteiger partial charge in [-0.25, -0.2) is 8.42 Å². The Bertz CT molecular complexity index is 946. The Balaban J connectivity index is 1.93. The molecule has 2 aromatic rings. The van der Waals surface area contributed by atoms with Gasteiger partial charge < -0.3 is 10.6 Å². The first-order valence-electron chi connectivity index (χ1n) is 10.7. The molecule has 0 atom stereocenters. The van der Waals surface area contributed by atoms with Crippen LogP contribution in [-0.4, -0.2) is 26.0 Å². The van der Waals surface area contributed by atoms with Gasteiger partial charge in [0.2, 0.25) is 5.91 Å². The number of nitrogens with zero attached hydrogens (tertiary/aromatic N) is 1. The maximum atomic E-state index is 13.0. The van der Waals surface area contributed by atoms with Crippen LogP contribution in [0.5, 0.6) is 0 Å². The summed E-state index contributed by atoms with van der Waals surface area (Å²) in [6.07, 6.45) is 5.82. The molecule has 0 saturated carbocycles. The number of unbranched alkanes of at least 4 members (excludes halogenated alkanes) is 4. The van der Waals surface area contributed by atoms with Gasteiger partial charge in [-0.05, 0) is 62.0 Å². The van der Waals surface area contributed by atoms with Crippen molar-refractivity contribution < 1.29 is 13.2 Å². The van der Waals surface area contributed by atoms with E-state index in [1.165, 1.54) is 29.3 Å². The minimum Gasteiger partial charge on any atom is -0.332 e. The minimum atomic E-state index is -3.68. The molecule has 2 N–H and O–H groups in total. The standard InChI is InChI=1S/C23H31N3O3S2/c1-3-5-6-7-11-14-22(27)25-23(30)24-19-15-17-21(18-16-19)31(28,29)26(4-2)20-12-9-8-10-13-20/h8-10,12-13,15-18H,3-7,11,14H2,1-2H3,(H2,24,25,27,30). The fourth-order valence-electron chi connectivity index (χ4n) is 3.16. The van der Waals surface area contributed by atoms with Crippen LogP contribution in [0.15, 0.2) is 59.5 Å². The Morgan fingerprint density at radius 1 is 0.935 bits per heavy atom. The summed E-state index contributed by atoms with van der Waals surface area (Å²) in [6.45, 7) is 4.27. The van der Waals surface area contributed by atoms with E-state index in [4.69, 9.17) is 12.2 Å². The second-order valence-electron chi connectivity index (χ2n) is 7.20. The van der Waals surface area contributed by atoms with Crippen LogP contribution in [0.1, 0.15) is 52.4 Å². The highest BCUT2D eigenvalue weighted by atomic mass is 32.2. The lowest BCUT2D eigenvalue weighted by atomic mass is 10.1. The van der Waals surface area contributed by atoms with E-state index in [1.807, 2.05) is 6.07 Å². The van der Waals surface area contributed by atoms with Gasteiger partial charge in [-0.1, -0.05) is 50.8 Å². The van der Waals surface area contributed by atoms with Crippen LogP contribution < -0.4 is 14.9 Å². The summed E-state index contributed by atoms with van der Waals surface area (Å²) in [5, 5.41) is 5.80. The third kappa shape index (κ3) is 7.63. The third-order valence-corrected chi connectivity index (χ3v) is 6.91. The molecule has 2 rings (SSSR count). The van der Waals surface area contributed by atoms with E-state index < -0.39 is 10.0 Å². The number of para-hydroxylation sites is 1. The van der Waals surface area contributed by atoms with Crippen LogP contribution in [0.2, 0.25) is 0 Å². The quantitative estimate of drug-likeness (QED) is 0.361. The van der Waals surface area contributed by atoms with Crippen molar-refractivity contribution in [2.45, 2.75) is 57.3 Å². The molecular weight excluding hydrogens is 430 g/mol. The Morgan fingerprint density at radius 3 is 2.19 bits per heavy atom. The van der Waals surface area contributed by atoms with E-state index in [-0.39, 0.29) is 15.9 Å². The summed E-state index contributed by atoms with van der Waals surface area (Å²) in [5.74, 6) is -0.116. The molecule has 0 fully saturated rings. The monoisotopic (exact) mass is 461 g/mol. The zero-order valence-corrected chi connectivity index (χ0v) is 19.8. The summed E-state index contributed by atoms with van der Waals surface area (Å²) in [5.41, 5.74) is 1.22. The average Bonchev–Trinajstić information content (AvgIpc) is 2.75. The average molecular weight is 462 g/mol. The van der Waals surface area contributed by atoms with Gasteiger partial charge in [0.1, 0.15) is 0 Å². The maximum Gasteiger partial charge on any atom is 0.264 e. The van der Waals surface area contributed by atoms with Crippen LogP contribution >= 0.6 is 12.2 Å². The van der Waals surface area contributed by atoms with E-state index >= 15 is 0 Å². The molecule has 0 aliphatic heterocycles. The van der Waals surface area contributed by atoms with Gasteiger partial charge >= 0.3 is 0 Å². The van der Waals surface area contributed by atoms with Gasteiger partial charge in [-0.3, -0.25) is 9.10 Å². The van der Waals surface area contributed by atoms with Crippen LogP contribution in [0.3, 0.4) is 0 Å². The Hall–Kier alpha value is -2.45. The lowest BCUT2D eigenvalue weighted by Gasteiger charge is -2.23. The largest absolute Gasteiger partial charge is 0.332 e. The molecule has 8 heteroatoms. The number of nitrogens with one attached hydrogen (secondary N) is 2. The molecule has 0 spiro atoms. The predicted molar refractivity (Wildman–Crippen MR) is 131 cm³/mol. The number of thiocarbonyl (C=S) groups is 1. The normalized spacial score (nSPS) is 11.0. The van der Waals surface area contributed by atoms with Gasteiger partial charge in [0.15, 0.2) is 5.11 Å². The summed E-state index contributed by atoms with van der Waals surface area (Å²) in [4.78, 5) is 12.2. The highest BCUT2D eigenvalue weighted by Gasteiger charge is 2.23. The van der Waals surface area contributed by atoms with Gasteiger partial charge in [0, 0.05) is 18.7 Å². The van der Waals surface area contributed by atoms with Crippen LogP contribution in [0, 0.1) is 0 Å². The number of hydrogen-bond donors (Lipinski definition) is 2. The third-order valence-electron chi connectivity index (χ3n) is 4.79. The molecule has 0 unspecified atom stereocenters. The first-order valence-corrected chi connectivity index (χ1v) is 12.5. The highest BCUT2D eigenvalue weighted by molar-refractivity contribution is 7.92. The molecule has 1 amide bonds. The Morgan fingerprint density at radius 2 is 1.58 bits per heavy atom. The van der Waals surface area contributed by atoms with Crippen LogP contribution in [0.25, 0.3) is 0 Å². The molecule has 0 heterocycles. The molecular formula is C23H31N3O3S2. The minimum absolute atomic E-state index is 0.116. The van der Waals surface area contributed by atoms with Crippen molar-refractivity contribution in [2.24, 2.45) is 0 Å². The van der Waals surface area contributed by atoms with E-state index in [0.717, 1.165) is 19.3 Å². The summed E-state index contributed by atoms with van der Waals surface area (Å²) in [6, 6.07) is 15.3. The molecule has 168 valence electrons. The van der Waals surface area contributed by atoms with Gasteiger partial charge in [0.05, 0.1) is 10.6 Å². The molecule has 6 nitrogen and oxygen atoms in total. The fraction of sp³-hybridized carbons (Fsp3) is 0.391. The molecule has 31 heavy (non-hydrogen) atoms. The van der Waals surface area contributed by atoms with E-state index in [0.29, 0.717) is 24.3 Å². The zero-order chi connectivity index (χ0) is 22.7. The molecule has 0 aromatic heterocycles. The topological polar surface area (TPSA) is 78.5 Å². The number of carbonyl (C=O) groups is 1. The van der Waals surface area contributed by atoms with Gasteiger partial charge in [-0.2, -0.15) is 0 Å². The number of sulfonamides is 1. The SMILES string of the molecule is CCCCCCCC(=O)NC(=S)Nc1ccc(S(=O)(=O)N(CC)c2ccccc2)cc1. The number of amides is 1. The summed E-state index contributed by atoms with van der Waals surface area (Å²) >= 11 is 5.19. The lowest BCUT2D eigenvalue weighted by molar-refractivity contribution is -0.119. The molecule has 0 radical (unpaired) electrons. The van der Waals surface area contributed by atoms with E-state index in [2.05, 4.69) is 17.6 Å². The van der Waals surface area contributed by atoms with Crippen molar-refractivity contribution in [3.8, 4) is 0 Å². The van der Waals surface area contributed by atoms with Crippen molar-refractivity contribution in [1.29, 1.82) is 0 Å². The molecule has 0 aliphatic carbocycles. The fourth-order valence-corrected chi connectivity index (χ4v) is 4.87. The summed E-state index contributed by atoms with van der Waals surface area (Å²) < 4.78 is 27.4. The first kappa shape index (κ1) is 24.8. The Labute approximate surface area is 191 Å². The number of hydrogen-bond acceptors (Lipinski definition) is 4. The summed E-state index contributed by atoms with van der Waals surface area (Å²) in [7, 11) is -3.68. The smallest absolute Gasteiger partial charge is 0.264 e.